The van der Waals surface area contributed by atoms with Gasteiger partial charge in [-0.1, -0.05) is 30.3 Å². The maximum Gasteiger partial charge on any atom is 0.141 e. The van der Waals surface area contributed by atoms with Gasteiger partial charge in [-0.25, -0.2) is 4.39 Å². The molecule has 1 aromatic heterocycles. The summed E-state index contributed by atoms with van der Waals surface area (Å²) < 4.78 is 24.8. The van der Waals surface area contributed by atoms with E-state index >= 15 is 0 Å². The summed E-state index contributed by atoms with van der Waals surface area (Å²) in [6, 6.07) is 22.8. The van der Waals surface area contributed by atoms with Gasteiger partial charge in [0.15, 0.2) is 0 Å². The van der Waals surface area contributed by atoms with E-state index in [0.29, 0.717) is 6.61 Å². The molecule has 0 atom stereocenters. The van der Waals surface area contributed by atoms with Crippen LogP contribution in [0.5, 0.6) is 5.75 Å². The minimum Gasteiger partial charge on any atom is -0.494 e. The molecular formula is C24H22FNO2. The van der Waals surface area contributed by atoms with Gasteiger partial charge in [-0.3, -0.25) is 0 Å². The number of fused-ring (bicyclic) bond motifs is 1. The first-order valence-electron chi connectivity index (χ1n) is 9.44. The van der Waals surface area contributed by atoms with E-state index in [2.05, 4.69) is 17.4 Å². The molecule has 4 aromatic rings. The van der Waals surface area contributed by atoms with Gasteiger partial charge in [0.1, 0.15) is 17.3 Å². The number of hydrogen-bond donors (Lipinski definition) is 1. The minimum absolute atomic E-state index is 0.262. The summed E-state index contributed by atoms with van der Waals surface area (Å²) >= 11 is 0. The van der Waals surface area contributed by atoms with Crippen molar-refractivity contribution < 1.29 is 13.5 Å². The van der Waals surface area contributed by atoms with Crippen LogP contribution in [0.15, 0.2) is 83.5 Å². The van der Waals surface area contributed by atoms with Crippen molar-refractivity contribution in [3.05, 3.63) is 90.4 Å². The molecule has 0 aliphatic rings. The van der Waals surface area contributed by atoms with E-state index in [4.69, 9.17) is 9.15 Å². The standard InChI is InChI=1S/C24H22FNO2/c25-21-9-12-23-20(15-21)17-28-24(23)19-7-10-22(11-8-19)27-14-4-13-26-16-18-5-2-1-3-6-18/h1-3,5-12,15,17,26H,4,13-14,16H2. The Morgan fingerprint density at radius 2 is 1.75 bits per heavy atom. The summed E-state index contributed by atoms with van der Waals surface area (Å²) in [5.74, 6) is 1.31. The minimum atomic E-state index is -0.262. The molecule has 4 heteroatoms. The highest BCUT2D eigenvalue weighted by molar-refractivity contribution is 5.94. The Hall–Kier alpha value is -3.11. The average Bonchev–Trinajstić information content (AvgIpc) is 3.15. The van der Waals surface area contributed by atoms with Crippen molar-refractivity contribution in [3.63, 3.8) is 0 Å². The Morgan fingerprint density at radius 1 is 0.929 bits per heavy atom. The van der Waals surface area contributed by atoms with Gasteiger partial charge < -0.3 is 14.5 Å². The van der Waals surface area contributed by atoms with Crippen molar-refractivity contribution in [1.29, 1.82) is 0 Å². The molecular weight excluding hydrogens is 353 g/mol. The lowest BCUT2D eigenvalue weighted by Gasteiger charge is -2.08. The van der Waals surface area contributed by atoms with E-state index in [-0.39, 0.29) is 5.82 Å². The van der Waals surface area contributed by atoms with Crippen LogP contribution in [-0.4, -0.2) is 13.2 Å². The van der Waals surface area contributed by atoms with Crippen molar-refractivity contribution in [2.24, 2.45) is 0 Å². The Bertz CT molecular complexity index is 1030. The zero-order chi connectivity index (χ0) is 19.2. The zero-order valence-electron chi connectivity index (χ0n) is 15.5. The lowest BCUT2D eigenvalue weighted by atomic mass is 10.1. The zero-order valence-corrected chi connectivity index (χ0v) is 15.5. The van der Waals surface area contributed by atoms with Gasteiger partial charge in [-0.15, -0.1) is 0 Å². The van der Waals surface area contributed by atoms with Crippen LogP contribution in [-0.2, 0) is 6.54 Å². The molecule has 0 unspecified atom stereocenters. The van der Waals surface area contributed by atoms with Gasteiger partial charge in [-0.05, 0) is 61.0 Å². The van der Waals surface area contributed by atoms with Crippen LogP contribution < -0.4 is 10.1 Å². The van der Waals surface area contributed by atoms with Crippen molar-refractivity contribution in [1.82, 2.24) is 5.32 Å². The number of furan rings is 1. The number of hydrogen-bond acceptors (Lipinski definition) is 3. The van der Waals surface area contributed by atoms with Gasteiger partial charge in [0, 0.05) is 22.9 Å². The summed E-state index contributed by atoms with van der Waals surface area (Å²) in [6.45, 7) is 2.43. The Labute approximate surface area is 163 Å². The molecule has 0 bridgehead atoms. The van der Waals surface area contributed by atoms with Crippen molar-refractivity contribution in [2.45, 2.75) is 13.0 Å². The second-order valence-electron chi connectivity index (χ2n) is 6.69. The predicted octanol–water partition coefficient (Wildman–Crippen LogP) is 5.80. The fourth-order valence-electron chi connectivity index (χ4n) is 3.17. The molecule has 0 aliphatic heterocycles. The molecule has 0 saturated carbocycles. The second-order valence-corrected chi connectivity index (χ2v) is 6.69. The van der Waals surface area contributed by atoms with E-state index in [0.717, 1.165) is 47.4 Å². The van der Waals surface area contributed by atoms with E-state index < -0.39 is 0 Å². The van der Waals surface area contributed by atoms with E-state index in [1.54, 1.807) is 12.3 Å². The van der Waals surface area contributed by atoms with E-state index in [1.165, 1.54) is 17.7 Å². The lowest BCUT2D eigenvalue weighted by Crippen LogP contribution is -2.16. The summed E-state index contributed by atoms with van der Waals surface area (Å²) in [5.41, 5.74) is 2.23. The smallest absolute Gasteiger partial charge is 0.141 e. The van der Waals surface area contributed by atoms with Crippen LogP contribution in [0.25, 0.3) is 22.1 Å². The summed E-state index contributed by atoms with van der Waals surface area (Å²) in [7, 11) is 0. The molecule has 4 rings (SSSR count). The van der Waals surface area contributed by atoms with Crippen LogP contribution >= 0.6 is 0 Å². The SMILES string of the molecule is Fc1ccc2c(-c3ccc(OCCCNCc4ccccc4)cc3)occ2c1. The predicted molar refractivity (Wildman–Crippen MR) is 110 cm³/mol. The number of benzene rings is 3. The van der Waals surface area contributed by atoms with E-state index in [1.807, 2.05) is 42.5 Å². The first-order valence-corrected chi connectivity index (χ1v) is 9.44. The maximum atomic E-state index is 13.3. The van der Waals surface area contributed by atoms with Gasteiger partial charge in [0.25, 0.3) is 0 Å². The van der Waals surface area contributed by atoms with Crippen molar-refractivity contribution in [2.75, 3.05) is 13.2 Å². The molecule has 28 heavy (non-hydrogen) atoms. The number of nitrogens with one attached hydrogen (secondary N) is 1. The van der Waals surface area contributed by atoms with Crippen LogP contribution in [0, 0.1) is 5.82 Å². The summed E-state index contributed by atoms with van der Waals surface area (Å²) in [4.78, 5) is 0. The first-order chi connectivity index (χ1) is 13.8. The largest absolute Gasteiger partial charge is 0.494 e. The molecule has 0 amide bonds. The second kappa shape index (κ2) is 8.72. The molecule has 0 fully saturated rings. The average molecular weight is 375 g/mol. The molecule has 3 aromatic carbocycles. The third kappa shape index (κ3) is 4.41. The number of halogens is 1. The topological polar surface area (TPSA) is 34.4 Å². The molecule has 1 heterocycles. The van der Waals surface area contributed by atoms with Crippen LogP contribution in [0.2, 0.25) is 0 Å². The van der Waals surface area contributed by atoms with Gasteiger partial charge in [0.05, 0.1) is 12.9 Å². The lowest BCUT2D eigenvalue weighted by molar-refractivity contribution is 0.308. The van der Waals surface area contributed by atoms with Crippen molar-refractivity contribution in [3.8, 4) is 17.1 Å². The van der Waals surface area contributed by atoms with Crippen LogP contribution in [0.3, 0.4) is 0 Å². The quantitative estimate of drug-likeness (QED) is 0.395. The van der Waals surface area contributed by atoms with Crippen LogP contribution in [0.4, 0.5) is 4.39 Å². The molecule has 0 spiro atoms. The van der Waals surface area contributed by atoms with Crippen molar-refractivity contribution >= 4 is 10.8 Å². The number of rotatable bonds is 8. The fraction of sp³-hybridized carbons (Fsp3) is 0.167. The van der Waals surface area contributed by atoms with Gasteiger partial charge in [0.2, 0.25) is 0 Å². The molecule has 3 nitrogen and oxygen atoms in total. The fourth-order valence-corrected chi connectivity index (χ4v) is 3.17. The third-order valence-corrected chi connectivity index (χ3v) is 4.62. The van der Waals surface area contributed by atoms with Gasteiger partial charge >= 0.3 is 0 Å². The van der Waals surface area contributed by atoms with Crippen LogP contribution in [0.1, 0.15) is 12.0 Å². The Balaban J connectivity index is 1.26. The molecule has 142 valence electrons. The highest BCUT2D eigenvalue weighted by Crippen LogP contribution is 2.31. The van der Waals surface area contributed by atoms with Gasteiger partial charge in [-0.2, -0.15) is 0 Å². The number of ether oxygens (including phenoxy) is 1. The maximum absolute atomic E-state index is 13.3. The summed E-state index contributed by atoms with van der Waals surface area (Å²) in [5, 5.41) is 5.08. The van der Waals surface area contributed by atoms with E-state index in [9.17, 15) is 4.39 Å². The monoisotopic (exact) mass is 375 g/mol. The molecule has 0 aliphatic carbocycles. The Morgan fingerprint density at radius 3 is 2.57 bits per heavy atom. The Kier molecular flexibility index (Phi) is 5.69. The normalized spacial score (nSPS) is 11.0. The summed E-state index contributed by atoms with van der Waals surface area (Å²) in [6.07, 6.45) is 2.52. The molecule has 0 saturated heterocycles. The molecule has 1 N–H and O–H groups in total. The highest BCUT2D eigenvalue weighted by Gasteiger charge is 2.09. The third-order valence-electron chi connectivity index (χ3n) is 4.62. The first kappa shape index (κ1) is 18.3. The highest BCUT2D eigenvalue weighted by atomic mass is 19.1. The molecule has 0 radical (unpaired) electrons.